The van der Waals surface area contributed by atoms with Crippen molar-refractivity contribution in [2.24, 2.45) is 0 Å². The van der Waals surface area contributed by atoms with Gasteiger partial charge in [-0.2, -0.15) is 0 Å². The van der Waals surface area contributed by atoms with E-state index in [0.717, 1.165) is 0 Å². The van der Waals surface area contributed by atoms with Gasteiger partial charge in [-0.1, -0.05) is 35.9 Å². The molecule has 0 N–H and O–H groups in total. The number of halogens is 2. The van der Waals surface area contributed by atoms with Crippen LogP contribution < -0.4 is 0 Å². The van der Waals surface area contributed by atoms with Crippen molar-refractivity contribution in [1.82, 2.24) is 4.98 Å². The number of rotatable bonds is 1. The van der Waals surface area contributed by atoms with Crippen LogP contribution >= 0.6 is 22.3 Å². The molecule has 0 aliphatic rings. The van der Waals surface area contributed by atoms with E-state index in [1.807, 2.05) is 0 Å². The summed E-state index contributed by atoms with van der Waals surface area (Å²) >= 11 is 5.83. The molecule has 2 rings (SSSR count). The maximum absolute atomic E-state index is 11.1. The van der Waals surface area contributed by atoms with Crippen molar-refractivity contribution < 1.29 is 8.42 Å². The quantitative estimate of drug-likeness (QED) is 0.586. The normalized spacial score (nSPS) is 11.9. The zero-order chi connectivity index (χ0) is 11.1. The number of pyridine rings is 1. The minimum atomic E-state index is -3.84. The minimum absolute atomic E-state index is 0.132. The summed E-state index contributed by atoms with van der Waals surface area (Å²) in [5, 5.41) is 1.29. The Balaban J connectivity index is 2.85. The van der Waals surface area contributed by atoms with E-state index in [0.29, 0.717) is 10.8 Å². The Hall–Kier alpha value is -0.840. The summed E-state index contributed by atoms with van der Waals surface area (Å²) in [6, 6.07) is 8.47. The summed E-state index contributed by atoms with van der Waals surface area (Å²) in [6.07, 6.45) is 0. The second-order valence-electron chi connectivity index (χ2n) is 2.91. The number of aromatic nitrogens is 1. The molecular formula is C9H5Cl2NO2S. The molecule has 15 heavy (non-hydrogen) atoms. The van der Waals surface area contributed by atoms with E-state index < -0.39 is 9.05 Å². The minimum Gasteiger partial charge on any atom is -0.222 e. The van der Waals surface area contributed by atoms with Crippen LogP contribution in [0, 0.1) is 0 Å². The Kier molecular flexibility index (Phi) is 2.58. The lowest BCUT2D eigenvalue weighted by atomic mass is 10.2. The van der Waals surface area contributed by atoms with Crippen molar-refractivity contribution in [2.75, 3.05) is 0 Å². The largest absolute Gasteiger partial charge is 0.278 e. The van der Waals surface area contributed by atoms with Crippen molar-refractivity contribution in [3.63, 3.8) is 0 Å². The van der Waals surface area contributed by atoms with Gasteiger partial charge in [0.2, 0.25) is 0 Å². The highest BCUT2D eigenvalue weighted by atomic mass is 35.7. The zero-order valence-corrected chi connectivity index (χ0v) is 9.64. The van der Waals surface area contributed by atoms with E-state index in [-0.39, 0.29) is 10.2 Å². The topological polar surface area (TPSA) is 47.0 Å². The molecule has 1 aromatic carbocycles. The lowest BCUT2D eigenvalue weighted by Gasteiger charge is -2.01. The molecule has 0 amide bonds. The molecule has 0 saturated carbocycles. The molecule has 0 aliphatic carbocycles. The Morgan fingerprint density at radius 1 is 1.20 bits per heavy atom. The lowest BCUT2D eigenvalue weighted by molar-refractivity contribution is 0.606. The van der Waals surface area contributed by atoms with Crippen LogP contribution in [0.4, 0.5) is 0 Å². The van der Waals surface area contributed by atoms with Gasteiger partial charge in [0.25, 0.3) is 9.05 Å². The van der Waals surface area contributed by atoms with Crippen molar-refractivity contribution in [3.8, 4) is 0 Å². The summed E-state index contributed by atoms with van der Waals surface area (Å²) in [6.45, 7) is 0. The first-order chi connectivity index (χ1) is 6.98. The van der Waals surface area contributed by atoms with Crippen LogP contribution in [-0.2, 0) is 9.05 Å². The van der Waals surface area contributed by atoms with E-state index in [9.17, 15) is 8.42 Å². The van der Waals surface area contributed by atoms with E-state index in [1.54, 1.807) is 24.3 Å². The van der Waals surface area contributed by atoms with Crippen LogP contribution in [0.5, 0.6) is 0 Å². The van der Waals surface area contributed by atoms with Crippen molar-refractivity contribution in [3.05, 3.63) is 35.5 Å². The Bertz CT molecular complexity index is 625. The molecule has 1 heterocycles. The monoisotopic (exact) mass is 261 g/mol. The van der Waals surface area contributed by atoms with E-state index in [1.165, 1.54) is 6.07 Å². The maximum Gasteiger partial charge on any atom is 0.278 e. The standard InChI is InChI=1S/C9H5Cl2NO2S/c10-9-7-4-2-1-3-6(7)5-8(12-9)15(11,13)14/h1-5H. The molecule has 0 unspecified atom stereocenters. The molecular weight excluding hydrogens is 257 g/mol. The predicted molar refractivity (Wildman–Crippen MR) is 59.8 cm³/mol. The van der Waals surface area contributed by atoms with Crippen LogP contribution in [0.25, 0.3) is 10.8 Å². The third-order valence-electron chi connectivity index (χ3n) is 1.92. The van der Waals surface area contributed by atoms with Gasteiger partial charge in [0, 0.05) is 16.1 Å². The molecule has 3 nitrogen and oxygen atoms in total. The molecule has 0 radical (unpaired) electrons. The SMILES string of the molecule is O=S(=O)(Cl)c1cc2ccccc2c(Cl)n1. The average Bonchev–Trinajstić information content (AvgIpc) is 2.16. The maximum atomic E-state index is 11.1. The van der Waals surface area contributed by atoms with Gasteiger partial charge in [-0.25, -0.2) is 13.4 Å². The van der Waals surface area contributed by atoms with Gasteiger partial charge in [0.1, 0.15) is 5.15 Å². The van der Waals surface area contributed by atoms with Crippen LogP contribution in [0.3, 0.4) is 0 Å². The second kappa shape index (κ2) is 3.63. The van der Waals surface area contributed by atoms with Crippen LogP contribution in [0.2, 0.25) is 5.15 Å². The fourth-order valence-electron chi connectivity index (χ4n) is 1.26. The fraction of sp³-hybridized carbons (Fsp3) is 0. The number of nitrogens with zero attached hydrogens (tertiary/aromatic N) is 1. The molecule has 6 heteroatoms. The first kappa shape index (κ1) is 10.7. The summed E-state index contributed by atoms with van der Waals surface area (Å²) in [5.74, 6) is 0. The summed E-state index contributed by atoms with van der Waals surface area (Å²) in [5.41, 5.74) is 0. The van der Waals surface area contributed by atoms with E-state index >= 15 is 0 Å². The second-order valence-corrected chi connectivity index (χ2v) is 5.78. The zero-order valence-electron chi connectivity index (χ0n) is 7.31. The van der Waals surface area contributed by atoms with Gasteiger partial charge in [-0.15, -0.1) is 0 Å². The van der Waals surface area contributed by atoms with Gasteiger partial charge < -0.3 is 0 Å². The molecule has 1 aromatic heterocycles. The van der Waals surface area contributed by atoms with Gasteiger partial charge >= 0.3 is 0 Å². The molecule has 0 bridgehead atoms. The molecule has 2 aromatic rings. The molecule has 0 fully saturated rings. The molecule has 78 valence electrons. The van der Waals surface area contributed by atoms with Gasteiger partial charge in [-0.3, -0.25) is 0 Å². The highest BCUT2D eigenvalue weighted by Crippen LogP contribution is 2.25. The third-order valence-corrected chi connectivity index (χ3v) is 3.39. The Morgan fingerprint density at radius 2 is 1.87 bits per heavy atom. The molecule has 0 spiro atoms. The summed E-state index contributed by atoms with van der Waals surface area (Å²) in [7, 11) is 1.34. The Morgan fingerprint density at radius 3 is 2.53 bits per heavy atom. The average molecular weight is 262 g/mol. The van der Waals surface area contributed by atoms with Crippen molar-refractivity contribution in [2.45, 2.75) is 5.03 Å². The van der Waals surface area contributed by atoms with Crippen LogP contribution in [0.1, 0.15) is 0 Å². The fourth-order valence-corrected chi connectivity index (χ4v) is 2.28. The lowest BCUT2D eigenvalue weighted by Crippen LogP contribution is -1.95. The van der Waals surface area contributed by atoms with Crippen LogP contribution in [-0.4, -0.2) is 13.4 Å². The molecule has 0 aliphatic heterocycles. The highest BCUT2D eigenvalue weighted by Gasteiger charge is 2.14. The number of hydrogen-bond donors (Lipinski definition) is 0. The molecule has 0 saturated heterocycles. The van der Waals surface area contributed by atoms with Gasteiger partial charge in [-0.05, 0) is 11.5 Å². The number of benzene rings is 1. The third kappa shape index (κ3) is 2.07. The number of hydrogen-bond acceptors (Lipinski definition) is 3. The van der Waals surface area contributed by atoms with E-state index in [2.05, 4.69) is 4.98 Å². The molecule has 0 atom stereocenters. The van der Waals surface area contributed by atoms with Gasteiger partial charge in [0.15, 0.2) is 5.03 Å². The van der Waals surface area contributed by atoms with E-state index in [4.69, 9.17) is 22.3 Å². The first-order valence-electron chi connectivity index (χ1n) is 3.98. The highest BCUT2D eigenvalue weighted by molar-refractivity contribution is 8.13. The smallest absolute Gasteiger partial charge is 0.222 e. The first-order valence-corrected chi connectivity index (χ1v) is 6.67. The summed E-state index contributed by atoms with van der Waals surface area (Å²) in [4.78, 5) is 3.72. The van der Waals surface area contributed by atoms with Crippen LogP contribution in [0.15, 0.2) is 35.4 Å². The van der Waals surface area contributed by atoms with Crippen molar-refractivity contribution in [1.29, 1.82) is 0 Å². The predicted octanol–water partition coefficient (Wildman–Crippen LogP) is 2.82. The summed E-state index contributed by atoms with van der Waals surface area (Å²) < 4.78 is 22.1. The Labute approximate surface area is 96.1 Å². The van der Waals surface area contributed by atoms with Gasteiger partial charge in [0.05, 0.1) is 0 Å². The van der Waals surface area contributed by atoms with Crippen molar-refractivity contribution >= 4 is 42.1 Å². The number of fused-ring (bicyclic) bond motifs is 1.